The zero-order valence-electron chi connectivity index (χ0n) is 15.0. The van der Waals surface area contributed by atoms with Crippen LogP contribution in [0.4, 0.5) is 25.4 Å². The van der Waals surface area contributed by atoms with E-state index in [-0.39, 0.29) is 13.2 Å². The predicted octanol–water partition coefficient (Wildman–Crippen LogP) is 2.29. The summed E-state index contributed by atoms with van der Waals surface area (Å²) < 4.78 is 25.1. The number of carbonyl (C=O) groups is 2. The van der Waals surface area contributed by atoms with Gasteiger partial charge < -0.3 is 14.4 Å². The molecule has 2 heterocycles. The van der Waals surface area contributed by atoms with Crippen LogP contribution in [0.1, 0.15) is 6.92 Å². The molecule has 1 aromatic carbocycles. The summed E-state index contributed by atoms with van der Waals surface area (Å²) in [6, 6.07) is 4.67. The first-order valence-corrected chi connectivity index (χ1v) is 9.18. The third-order valence-electron chi connectivity index (χ3n) is 4.39. The quantitative estimate of drug-likeness (QED) is 0.585. The number of anilines is 2. The number of carbonyl (C=O) groups excluding carboxylic acids is 2. The van der Waals surface area contributed by atoms with Gasteiger partial charge in [-0.2, -0.15) is 0 Å². The van der Waals surface area contributed by atoms with Crippen LogP contribution >= 0.6 is 12.6 Å². The summed E-state index contributed by atoms with van der Waals surface area (Å²) in [6.07, 6.45) is -1.15. The maximum atomic E-state index is 14.6. The Hall–Kier alpha value is -2.04. The molecule has 0 aromatic heterocycles. The highest BCUT2D eigenvalue weighted by molar-refractivity contribution is 7.96. The lowest BCUT2D eigenvalue weighted by Gasteiger charge is -2.29. The molecule has 2 amide bonds. The molecule has 27 heavy (non-hydrogen) atoms. The summed E-state index contributed by atoms with van der Waals surface area (Å²) in [5.74, 6) is -0.403. The van der Waals surface area contributed by atoms with E-state index in [0.717, 1.165) is 5.06 Å². The molecule has 2 aliphatic rings. The van der Waals surface area contributed by atoms with E-state index < -0.39 is 23.3 Å². The van der Waals surface area contributed by atoms with Gasteiger partial charge in [0.25, 0.3) is 0 Å². The number of benzene rings is 1. The second kappa shape index (κ2) is 8.77. The smallest absolute Gasteiger partial charge is 0.414 e. The molecule has 10 heteroatoms. The van der Waals surface area contributed by atoms with Crippen LogP contribution < -0.4 is 9.80 Å². The summed E-state index contributed by atoms with van der Waals surface area (Å²) in [6.45, 7) is 4.64. The maximum Gasteiger partial charge on any atom is 0.414 e. The van der Waals surface area contributed by atoms with Crippen LogP contribution in [0.5, 0.6) is 0 Å². The minimum atomic E-state index is -0.581. The molecular formula is C17H22FN3O5S. The van der Waals surface area contributed by atoms with E-state index in [1.165, 1.54) is 11.0 Å². The Morgan fingerprint density at radius 1 is 1.41 bits per heavy atom. The van der Waals surface area contributed by atoms with Crippen molar-refractivity contribution in [1.29, 1.82) is 0 Å². The minimum absolute atomic E-state index is 0.0106. The van der Waals surface area contributed by atoms with Crippen molar-refractivity contribution in [3.05, 3.63) is 24.0 Å². The lowest BCUT2D eigenvalue weighted by Crippen LogP contribution is -2.36. The van der Waals surface area contributed by atoms with Crippen molar-refractivity contribution in [1.82, 2.24) is 5.06 Å². The number of hydrogen-bond donors (Lipinski definition) is 1. The maximum absolute atomic E-state index is 14.6. The van der Waals surface area contributed by atoms with Crippen molar-refractivity contribution in [2.75, 3.05) is 55.8 Å². The fourth-order valence-corrected chi connectivity index (χ4v) is 3.20. The van der Waals surface area contributed by atoms with Gasteiger partial charge in [-0.05, 0) is 25.1 Å². The first kappa shape index (κ1) is 19.7. The Morgan fingerprint density at radius 2 is 2.15 bits per heavy atom. The highest BCUT2D eigenvalue weighted by atomic mass is 32.1. The Balaban J connectivity index is 1.63. The second-order valence-electron chi connectivity index (χ2n) is 6.12. The molecule has 1 aromatic rings. The Labute approximate surface area is 162 Å². The summed E-state index contributed by atoms with van der Waals surface area (Å²) in [7, 11) is 0. The van der Waals surface area contributed by atoms with Gasteiger partial charge in [-0.25, -0.2) is 14.2 Å². The van der Waals surface area contributed by atoms with Crippen molar-refractivity contribution >= 4 is 35.3 Å². The lowest BCUT2D eigenvalue weighted by atomic mass is 10.2. The molecule has 0 N–H and O–H groups in total. The van der Waals surface area contributed by atoms with E-state index in [4.69, 9.17) is 14.3 Å². The van der Waals surface area contributed by atoms with Crippen molar-refractivity contribution in [3.63, 3.8) is 0 Å². The summed E-state index contributed by atoms with van der Waals surface area (Å²) in [5.41, 5.74) is 0.898. The number of rotatable bonds is 6. The summed E-state index contributed by atoms with van der Waals surface area (Å²) in [4.78, 5) is 31.9. The second-order valence-corrected chi connectivity index (χ2v) is 6.51. The third-order valence-corrected chi connectivity index (χ3v) is 4.61. The zero-order chi connectivity index (χ0) is 19.4. The molecule has 0 spiro atoms. The molecule has 0 aliphatic carbocycles. The van der Waals surface area contributed by atoms with Crippen molar-refractivity contribution in [2.45, 2.75) is 13.0 Å². The molecule has 1 atom stereocenters. The van der Waals surface area contributed by atoms with E-state index in [0.29, 0.717) is 44.2 Å². The Kier molecular flexibility index (Phi) is 6.40. The number of hydroxylamine groups is 2. The van der Waals surface area contributed by atoms with Crippen LogP contribution in [-0.4, -0.2) is 68.5 Å². The third kappa shape index (κ3) is 4.63. The van der Waals surface area contributed by atoms with Crippen molar-refractivity contribution in [3.8, 4) is 0 Å². The van der Waals surface area contributed by atoms with Gasteiger partial charge in [0.2, 0.25) is 0 Å². The molecule has 3 rings (SSSR count). The number of hydrogen-bond acceptors (Lipinski definition) is 6. The molecule has 148 valence electrons. The normalized spacial score (nSPS) is 20.0. The molecule has 0 unspecified atom stereocenters. The van der Waals surface area contributed by atoms with E-state index >= 15 is 0 Å². The lowest BCUT2D eigenvalue weighted by molar-refractivity contribution is -0.126. The van der Waals surface area contributed by atoms with Gasteiger partial charge >= 0.3 is 11.3 Å². The van der Waals surface area contributed by atoms with Crippen LogP contribution in [0, 0.1) is 5.82 Å². The Bertz CT molecular complexity index is 701. The zero-order valence-corrected chi connectivity index (χ0v) is 15.9. The first-order valence-electron chi connectivity index (χ1n) is 8.73. The van der Waals surface area contributed by atoms with Crippen molar-refractivity contribution < 1.29 is 28.3 Å². The van der Waals surface area contributed by atoms with Crippen molar-refractivity contribution in [2.24, 2.45) is 0 Å². The van der Waals surface area contributed by atoms with Gasteiger partial charge in [0.1, 0.15) is 18.5 Å². The minimum Gasteiger partial charge on any atom is -0.441 e. The van der Waals surface area contributed by atoms with Gasteiger partial charge in [-0.15, -0.1) is 0 Å². The predicted molar refractivity (Wildman–Crippen MR) is 99.8 cm³/mol. The average Bonchev–Trinajstić information content (AvgIpc) is 3.03. The number of cyclic esters (lactones) is 1. The molecule has 2 saturated heterocycles. The van der Waals surface area contributed by atoms with Crippen LogP contribution in [0.2, 0.25) is 0 Å². The Morgan fingerprint density at radius 3 is 2.78 bits per heavy atom. The highest BCUT2D eigenvalue weighted by Gasteiger charge is 2.33. The topological polar surface area (TPSA) is 71.6 Å². The molecular weight excluding hydrogens is 377 g/mol. The van der Waals surface area contributed by atoms with Crippen LogP contribution in [-0.2, 0) is 14.3 Å². The molecule has 0 radical (unpaired) electrons. The van der Waals surface area contributed by atoms with Crippen LogP contribution in [0.25, 0.3) is 0 Å². The van der Waals surface area contributed by atoms with Gasteiger partial charge in [-0.3, -0.25) is 14.5 Å². The molecule has 8 nitrogen and oxygen atoms in total. The summed E-state index contributed by atoms with van der Waals surface area (Å²) in [5, 5.41) is 0.538. The fraction of sp³-hybridized carbons (Fsp3) is 0.529. The standard InChI is InChI=1S/C17H22FN3O5S/c1-2-21(17(23)27)25-11-13-10-20(16(22)26-13)12-3-4-15(14(18)9-12)19-5-7-24-8-6-19/h3-4,9,13H,2,5-8,10-11H2,1H3,(H,23,27)/t13-/m0/s1. The molecule has 0 bridgehead atoms. The van der Waals surface area contributed by atoms with Crippen LogP contribution in [0.15, 0.2) is 18.2 Å². The number of morpholine rings is 1. The van der Waals surface area contributed by atoms with Gasteiger partial charge in [0.05, 0.1) is 31.1 Å². The van der Waals surface area contributed by atoms with Gasteiger partial charge in [0, 0.05) is 19.6 Å². The number of halogens is 1. The monoisotopic (exact) mass is 399 g/mol. The molecule has 2 aliphatic heterocycles. The molecule has 0 saturated carbocycles. The fourth-order valence-electron chi connectivity index (χ4n) is 3.00. The average molecular weight is 399 g/mol. The van der Waals surface area contributed by atoms with E-state index in [1.807, 2.05) is 4.90 Å². The SMILES string of the molecule is CCN(OC[C@@H]1CN(c2ccc(N3CCOCC3)c(F)c2)C(=O)O1)C(=O)S. The van der Waals surface area contributed by atoms with E-state index in [1.54, 1.807) is 19.1 Å². The first-order chi connectivity index (χ1) is 13.0. The highest BCUT2D eigenvalue weighted by Crippen LogP contribution is 2.28. The van der Waals surface area contributed by atoms with E-state index in [2.05, 4.69) is 12.6 Å². The largest absolute Gasteiger partial charge is 0.441 e. The number of ether oxygens (including phenoxy) is 2. The molecule has 2 fully saturated rings. The van der Waals surface area contributed by atoms with Crippen LogP contribution in [0.3, 0.4) is 0 Å². The number of amides is 2. The number of nitrogens with zero attached hydrogens (tertiary/aromatic N) is 3. The number of thiol groups is 1. The van der Waals surface area contributed by atoms with Gasteiger partial charge in [0.15, 0.2) is 0 Å². The summed E-state index contributed by atoms with van der Waals surface area (Å²) >= 11 is 3.70. The van der Waals surface area contributed by atoms with E-state index in [9.17, 15) is 14.0 Å². The van der Waals surface area contributed by atoms with Gasteiger partial charge in [-0.1, -0.05) is 12.6 Å².